The molecule has 1 atom stereocenters. The quantitative estimate of drug-likeness (QED) is 0.861. The van der Waals surface area contributed by atoms with Gasteiger partial charge in [0.1, 0.15) is 6.04 Å². The van der Waals surface area contributed by atoms with E-state index in [0.717, 1.165) is 9.87 Å². The number of fused-ring (bicyclic) bond motifs is 1. The van der Waals surface area contributed by atoms with Gasteiger partial charge in [-0.2, -0.15) is 4.31 Å². The molecule has 1 aromatic rings. The zero-order valence-corrected chi connectivity index (χ0v) is 13.2. The summed E-state index contributed by atoms with van der Waals surface area (Å²) in [6.45, 7) is 1.31. The van der Waals surface area contributed by atoms with Crippen LogP contribution in [0, 0.1) is 0 Å². The Kier molecular flexibility index (Phi) is 4.52. The summed E-state index contributed by atoms with van der Waals surface area (Å²) in [5, 5.41) is 11.7. The van der Waals surface area contributed by atoms with Crippen LogP contribution in [0.25, 0.3) is 0 Å². The molecule has 1 aliphatic rings. The number of hydrogen-bond donors (Lipinski definition) is 2. The molecule has 22 heavy (non-hydrogen) atoms. The number of aryl methyl sites for hydroxylation is 1. The van der Waals surface area contributed by atoms with Crippen molar-refractivity contribution in [3.63, 3.8) is 0 Å². The molecule has 7 nitrogen and oxygen atoms in total. The zero-order valence-electron chi connectivity index (χ0n) is 12.4. The highest BCUT2D eigenvalue weighted by molar-refractivity contribution is 7.89. The monoisotopic (exact) mass is 326 g/mol. The van der Waals surface area contributed by atoms with E-state index in [9.17, 15) is 18.0 Å². The molecule has 0 saturated heterocycles. The van der Waals surface area contributed by atoms with Gasteiger partial charge in [-0.05, 0) is 43.5 Å². The smallest absolute Gasteiger partial charge is 0.321 e. The maximum atomic E-state index is 12.5. The lowest BCUT2D eigenvalue weighted by atomic mass is 10.1. The number of aliphatic carboxylic acids is 1. The van der Waals surface area contributed by atoms with Gasteiger partial charge < -0.3 is 10.4 Å². The summed E-state index contributed by atoms with van der Waals surface area (Å²) in [5.74, 6) is -1.31. The lowest BCUT2D eigenvalue weighted by Crippen LogP contribution is -2.40. The summed E-state index contributed by atoms with van der Waals surface area (Å²) in [6, 6.07) is 3.26. The number of rotatable bonds is 4. The number of carboxylic acids is 1. The van der Waals surface area contributed by atoms with Gasteiger partial charge in [-0.1, -0.05) is 0 Å². The Hall–Kier alpha value is -1.93. The molecular formula is C14H18N2O5S. The van der Waals surface area contributed by atoms with Crippen molar-refractivity contribution in [3.05, 3.63) is 23.8 Å². The molecule has 2 N–H and O–H groups in total. The molecule has 8 heteroatoms. The van der Waals surface area contributed by atoms with E-state index in [4.69, 9.17) is 5.11 Å². The number of carbonyl (C=O) groups excluding carboxylic acids is 1. The van der Waals surface area contributed by atoms with Crippen LogP contribution in [0.1, 0.15) is 25.3 Å². The third-order valence-corrected chi connectivity index (χ3v) is 5.70. The minimum Gasteiger partial charge on any atom is -0.480 e. The van der Waals surface area contributed by atoms with Gasteiger partial charge in [-0.25, -0.2) is 8.42 Å². The fraction of sp³-hybridized carbons (Fsp3) is 0.429. The Bertz CT molecular complexity index is 714. The van der Waals surface area contributed by atoms with Crippen molar-refractivity contribution in [2.75, 3.05) is 12.4 Å². The van der Waals surface area contributed by atoms with Crippen molar-refractivity contribution < 1.29 is 23.1 Å². The van der Waals surface area contributed by atoms with Crippen LogP contribution in [0.3, 0.4) is 0 Å². The number of nitrogens with one attached hydrogen (secondary N) is 1. The van der Waals surface area contributed by atoms with Gasteiger partial charge in [0.2, 0.25) is 15.9 Å². The maximum Gasteiger partial charge on any atom is 0.321 e. The second-order valence-electron chi connectivity index (χ2n) is 5.26. The van der Waals surface area contributed by atoms with E-state index in [1.165, 1.54) is 26.1 Å². The number of carboxylic acid groups (broad SMARTS) is 1. The van der Waals surface area contributed by atoms with E-state index < -0.39 is 22.0 Å². The van der Waals surface area contributed by atoms with Gasteiger partial charge in [-0.3, -0.25) is 9.59 Å². The topological polar surface area (TPSA) is 104 Å². The second-order valence-corrected chi connectivity index (χ2v) is 7.25. The zero-order chi connectivity index (χ0) is 16.5. The van der Waals surface area contributed by atoms with Crippen molar-refractivity contribution in [1.29, 1.82) is 0 Å². The average molecular weight is 326 g/mol. The fourth-order valence-corrected chi connectivity index (χ4v) is 3.61. The van der Waals surface area contributed by atoms with Crippen LogP contribution < -0.4 is 5.32 Å². The Balaban J connectivity index is 2.39. The average Bonchev–Trinajstić information content (AvgIpc) is 2.65. The molecule has 0 radical (unpaired) electrons. The highest BCUT2D eigenvalue weighted by atomic mass is 32.2. The Morgan fingerprint density at radius 2 is 2.05 bits per heavy atom. The number of hydrogen-bond acceptors (Lipinski definition) is 4. The van der Waals surface area contributed by atoms with Crippen molar-refractivity contribution >= 4 is 27.6 Å². The summed E-state index contributed by atoms with van der Waals surface area (Å²) in [7, 11) is -2.66. The predicted octanol–water partition coefficient (Wildman–Crippen LogP) is 1.06. The van der Waals surface area contributed by atoms with E-state index >= 15 is 0 Å². The number of sulfonamides is 1. The van der Waals surface area contributed by atoms with Gasteiger partial charge in [0.05, 0.1) is 4.90 Å². The summed E-state index contributed by atoms with van der Waals surface area (Å²) >= 11 is 0. The third-order valence-electron chi connectivity index (χ3n) is 3.78. The fourth-order valence-electron chi connectivity index (χ4n) is 2.24. The van der Waals surface area contributed by atoms with Gasteiger partial charge in [0.25, 0.3) is 0 Å². The highest BCUT2D eigenvalue weighted by Crippen LogP contribution is 2.26. The maximum absolute atomic E-state index is 12.5. The normalized spacial score (nSPS) is 16.6. The largest absolute Gasteiger partial charge is 0.480 e. The van der Waals surface area contributed by atoms with Crippen LogP contribution in [0.2, 0.25) is 0 Å². The summed E-state index contributed by atoms with van der Waals surface area (Å²) < 4.78 is 25.8. The third kappa shape index (κ3) is 3.12. The summed E-state index contributed by atoms with van der Waals surface area (Å²) in [6.07, 6.45) is 1.63. The molecule has 1 heterocycles. The number of likely N-dealkylation sites (N-methyl/N-ethyl adjacent to an activating group) is 1. The first-order valence-electron chi connectivity index (χ1n) is 6.87. The van der Waals surface area contributed by atoms with Gasteiger partial charge in [0, 0.05) is 19.2 Å². The Labute approximate surface area is 129 Å². The predicted molar refractivity (Wildman–Crippen MR) is 80.1 cm³/mol. The SMILES string of the molecule is CC(C(=O)O)N(C)S(=O)(=O)c1ccc2c(c1)CCCC(=O)N2. The number of amides is 1. The molecule has 0 aromatic heterocycles. The molecule has 120 valence electrons. The highest BCUT2D eigenvalue weighted by Gasteiger charge is 2.30. The van der Waals surface area contributed by atoms with Crippen LogP contribution in [0.15, 0.2) is 23.1 Å². The lowest BCUT2D eigenvalue weighted by Gasteiger charge is -2.21. The second kappa shape index (κ2) is 6.05. The molecule has 1 aliphatic heterocycles. The number of anilines is 1. The van der Waals surface area contributed by atoms with E-state index in [1.807, 2.05) is 0 Å². The molecule has 2 rings (SSSR count). The van der Waals surface area contributed by atoms with Crippen molar-refractivity contribution in [2.45, 2.75) is 37.1 Å². The van der Waals surface area contributed by atoms with Crippen LogP contribution in [-0.2, 0) is 26.0 Å². The van der Waals surface area contributed by atoms with Crippen LogP contribution in [-0.4, -0.2) is 42.8 Å². The van der Waals surface area contributed by atoms with Crippen molar-refractivity contribution in [1.82, 2.24) is 4.31 Å². The molecule has 0 saturated carbocycles. The molecule has 1 unspecified atom stereocenters. The first-order chi connectivity index (χ1) is 10.2. The molecule has 0 bridgehead atoms. The molecule has 0 fully saturated rings. The molecular weight excluding hydrogens is 308 g/mol. The van der Waals surface area contributed by atoms with Crippen LogP contribution in [0.5, 0.6) is 0 Å². The minimum atomic E-state index is -3.90. The number of benzene rings is 1. The molecule has 0 aliphatic carbocycles. The molecule has 1 aromatic carbocycles. The lowest BCUT2D eigenvalue weighted by molar-refractivity contribution is -0.140. The van der Waals surface area contributed by atoms with Gasteiger partial charge >= 0.3 is 5.97 Å². The summed E-state index contributed by atoms with van der Waals surface area (Å²) in [5.41, 5.74) is 1.35. The van der Waals surface area contributed by atoms with E-state index in [0.29, 0.717) is 24.9 Å². The summed E-state index contributed by atoms with van der Waals surface area (Å²) in [4.78, 5) is 22.5. The van der Waals surface area contributed by atoms with Crippen molar-refractivity contribution in [2.24, 2.45) is 0 Å². The van der Waals surface area contributed by atoms with Crippen molar-refractivity contribution in [3.8, 4) is 0 Å². The van der Waals surface area contributed by atoms with Gasteiger partial charge in [0.15, 0.2) is 0 Å². The van der Waals surface area contributed by atoms with Crippen LogP contribution >= 0.6 is 0 Å². The van der Waals surface area contributed by atoms with E-state index in [2.05, 4.69) is 5.32 Å². The Morgan fingerprint density at radius 1 is 1.36 bits per heavy atom. The molecule has 1 amide bonds. The van der Waals surface area contributed by atoms with Crippen LogP contribution in [0.4, 0.5) is 5.69 Å². The van der Waals surface area contributed by atoms with E-state index in [1.54, 1.807) is 6.07 Å². The standard InChI is InChI=1S/C14H18N2O5S/c1-9(14(18)19)16(2)22(20,21)11-6-7-12-10(8-11)4-3-5-13(17)15-12/h6-9H,3-5H2,1-2H3,(H,15,17)(H,18,19). The first kappa shape index (κ1) is 16.4. The minimum absolute atomic E-state index is 0.0259. The Morgan fingerprint density at radius 3 is 2.68 bits per heavy atom. The molecule has 0 spiro atoms. The van der Waals surface area contributed by atoms with Gasteiger partial charge in [-0.15, -0.1) is 0 Å². The first-order valence-corrected chi connectivity index (χ1v) is 8.31. The number of nitrogens with zero attached hydrogens (tertiary/aromatic N) is 1. The number of carbonyl (C=O) groups is 2. The van der Waals surface area contributed by atoms with E-state index in [-0.39, 0.29) is 10.8 Å².